The molecule has 1 rings (SSSR count). The highest BCUT2D eigenvalue weighted by Crippen LogP contribution is 1.99. The fraction of sp³-hybridized carbons (Fsp3) is 0.500. The minimum absolute atomic E-state index is 0.0322. The van der Waals surface area contributed by atoms with Gasteiger partial charge in [0.15, 0.2) is 0 Å². The first-order chi connectivity index (χ1) is 8.45. The van der Waals surface area contributed by atoms with Crippen LogP contribution >= 0.6 is 0 Å². The highest BCUT2D eigenvalue weighted by Gasteiger charge is 2.16. The first kappa shape index (κ1) is 14.4. The number of rotatable bonds is 5. The topological polar surface area (TPSA) is 74.6 Å². The van der Waals surface area contributed by atoms with Gasteiger partial charge in [0.25, 0.3) is 5.91 Å². The van der Waals surface area contributed by atoms with E-state index in [9.17, 15) is 9.59 Å². The van der Waals surface area contributed by atoms with Gasteiger partial charge in [0.1, 0.15) is 5.69 Å². The first-order valence-electron chi connectivity index (χ1n) is 5.72. The third kappa shape index (κ3) is 3.68. The summed E-state index contributed by atoms with van der Waals surface area (Å²) in [5.74, 6) is -0.804. The molecule has 0 aliphatic heterocycles. The Labute approximate surface area is 106 Å². The lowest BCUT2D eigenvalue weighted by atomic mass is 10.3. The predicted octanol–water partition coefficient (Wildman–Crippen LogP) is -0.406. The van der Waals surface area contributed by atoms with Crippen LogP contribution in [-0.4, -0.2) is 52.6 Å². The number of nitrogens with one attached hydrogen (secondary N) is 1. The van der Waals surface area contributed by atoms with Crippen LogP contribution in [0.3, 0.4) is 0 Å². The molecular weight excluding hydrogens is 234 g/mol. The van der Waals surface area contributed by atoms with Crippen LogP contribution in [0, 0.1) is 0 Å². The van der Waals surface area contributed by atoms with Crippen molar-refractivity contribution in [3.8, 4) is 0 Å². The number of aromatic nitrogens is 1. The molecule has 2 amide bonds. The minimum atomic E-state index is -0.419. The molecular formula is C12H19N3O3. The molecule has 6 heteroatoms. The fourth-order valence-corrected chi connectivity index (χ4v) is 1.45. The second kappa shape index (κ2) is 6.32. The number of aryl methyl sites for hydroxylation is 1. The molecule has 0 radical (unpaired) electrons. The molecule has 2 N–H and O–H groups in total. The number of amides is 2. The Morgan fingerprint density at radius 2 is 2.22 bits per heavy atom. The Bertz CT molecular complexity index is 428. The largest absolute Gasteiger partial charge is 0.395 e. The van der Waals surface area contributed by atoms with Crippen LogP contribution in [0.15, 0.2) is 18.3 Å². The Morgan fingerprint density at radius 3 is 2.72 bits per heavy atom. The van der Waals surface area contributed by atoms with Crippen molar-refractivity contribution < 1.29 is 14.7 Å². The molecule has 1 unspecified atom stereocenters. The van der Waals surface area contributed by atoms with Gasteiger partial charge in [-0.2, -0.15) is 0 Å². The van der Waals surface area contributed by atoms with Gasteiger partial charge in [-0.15, -0.1) is 0 Å². The summed E-state index contributed by atoms with van der Waals surface area (Å²) in [5.41, 5.74) is 0.432. The monoisotopic (exact) mass is 253 g/mol. The van der Waals surface area contributed by atoms with E-state index in [0.717, 1.165) is 0 Å². The Kier molecular flexibility index (Phi) is 5.06. The van der Waals surface area contributed by atoms with Crippen molar-refractivity contribution in [1.29, 1.82) is 0 Å². The zero-order chi connectivity index (χ0) is 13.7. The standard InChI is InChI=1S/C12H19N3O3/c1-9(8-16)15(3)7-11(17)13-12(18)10-5-4-6-14(10)2/h4-6,9,16H,7-8H2,1-3H3,(H,13,17,18). The number of hydrogen-bond acceptors (Lipinski definition) is 4. The number of likely N-dealkylation sites (N-methyl/N-ethyl adjacent to an activating group) is 1. The van der Waals surface area contributed by atoms with Crippen LogP contribution in [0.25, 0.3) is 0 Å². The predicted molar refractivity (Wildman–Crippen MR) is 67.1 cm³/mol. The van der Waals surface area contributed by atoms with E-state index < -0.39 is 5.91 Å². The van der Waals surface area contributed by atoms with E-state index in [2.05, 4.69) is 5.32 Å². The summed E-state index contributed by atoms with van der Waals surface area (Å²) >= 11 is 0. The van der Waals surface area contributed by atoms with Crippen molar-refractivity contribution >= 4 is 11.8 Å². The van der Waals surface area contributed by atoms with E-state index in [1.165, 1.54) is 0 Å². The maximum atomic E-state index is 11.7. The molecule has 1 aromatic rings. The number of imide groups is 1. The molecule has 1 heterocycles. The lowest BCUT2D eigenvalue weighted by Gasteiger charge is -2.21. The zero-order valence-corrected chi connectivity index (χ0v) is 10.9. The summed E-state index contributed by atoms with van der Waals surface area (Å²) in [6.07, 6.45) is 1.74. The average molecular weight is 253 g/mol. The molecule has 6 nitrogen and oxygen atoms in total. The van der Waals surface area contributed by atoms with Crippen molar-refractivity contribution in [2.45, 2.75) is 13.0 Å². The van der Waals surface area contributed by atoms with E-state index in [4.69, 9.17) is 5.11 Å². The van der Waals surface area contributed by atoms with Gasteiger partial charge >= 0.3 is 0 Å². The molecule has 0 aliphatic carbocycles. The molecule has 0 spiro atoms. The molecule has 18 heavy (non-hydrogen) atoms. The summed E-state index contributed by atoms with van der Waals surface area (Å²) in [5, 5.41) is 11.3. The lowest BCUT2D eigenvalue weighted by molar-refractivity contribution is -0.121. The van der Waals surface area contributed by atoms with Gasteiger partial charge in [-0.05, 0) is 26.1 Å². The third-order valence-electron chi connectivity index (χ3n) is 2.84. The van der Waals surface area contributed by atoms with Crippen LogP contribution in [-0.2, 0) is 11.8 Å². The van der Waals surface area contributed by atoms with Gasteiger partial charge in [-0.3, -0.25) is 19.8 Å². The Hall–Kier alpha value is -1.66. The summed E-state index contributed by atoms with van der Waals surface area (Å²) in [7, 11) is 3.45. The summed E-state index contributed by atoms with van der Waals surface area (Å²) in [6, 6.07) is 3.25. The van der Waals surface area contributed by atoms with Gasteiger partial charge < -0.3 is 9.67 Å². The summed E-state index contributed by atoms with van der Waals surface area (Å²) in [4.78, 5) is 25.0. The fourth-order valence-electron chi connectivity index (χ4n) is 1.45. The van der Waals surface area contributed by atoms with Crippen LogP contribution in [0.2, 0.25) is 0 Å². The van der Waals surface area contributed by atoms with Crippen molar-refractivity contribution in [3.05, 3.63) is 24.0 Å². The van der Waals surface area contributed by atoms with Crippen molar-refractivity contribution in [2.75, 3.05) is 20.2 Å². The molecule has 1 atom stereocenters. The number of hydrogen-bond donors (Lipinski definition) is 2. The number of carbonyl (C=O) groups excluding carboxylic acids is 2. The first-order valence-corrected chi connectivity index (χ1v) is 5.72. The smallest absolute Gasteiger partial charge is 0.274 e. The highest BCUT2D eigenvalue weighted by atomic mass is 16.3. The molecule has 100 valence electrons. The quantitative estimate of drug-likeness (QED) is 0.748. The van der Waals surface area contributed by atoms with Gasteiger partial charge in [0.2, 0.25) is 5.91 Å². The zero-order valence-electron chi connectivity index (χ0n) is 10.9. The number of aliphatic hydroxyl groups is 1. The SMILES string of the molecule is CC(CO)N(C)CC(=O)NC(=O)c1cccn1C. The van der Waals surface area contributed by atoms with Gasteiger partial charge in [0.05, 0.1) is 13.2 Å². The van der Waals surface area contributed by atoms with Gasteiger partial charge in [-0.25, -0.2) is 0 Å². The van der Waals surface area contributed by atoms with Crippen LogP contribution < -0.4 is 5.32 Å². The van der Waals surface area contributed by atoms with Crippen molar-refractivity contribution in [2.24, 2.45) is 7.05 Å². The Morgan fingerprint density at radius 1 is 1.56 bits per heavy atom. The van der Waals surface area contributed by atoms with Crippen molar-refractivity contribution in [1.82, 2.24) is 14.8 Å². The highest BCUT2D eigenvalue weighted by molar-refractivity contribution is 6.04. The summed E-state index contributed by atoms with van der Waals surface area (Å²) in [6.45, 7) is 1.83. The molecule has 0 aromatic carbocycles. The number of nitrogens with zero attached hydrogens (tertiary/aromatic N) is 2. The number of aliphatic hydroxyl groups excluding tert-OH is 1. The van der Waals surface area contributed by atoms with Crippen molar-refractivity contribution in [3.63, 3.8) is 0 Å². The third-order valence-corrected chi connectivity index (χ3v) is 2.84. The van der Waals surface area contributed by atoms with E-state index in [0.29, 0.717) is 5.69 Å². The average Bonchev–Trinajstić information content (AvgIpc) is 2.74. The van der Waals surface area contributed by atoms with Gasteiger partial charge in [-0.1, -0.05) is 0 Å². The molecule has 0 bridgehead atoms. The van der Waals surface area contributed by atoms with E-state index in [1.807, 2.05) is 0 Å². The summed E-state index contributed by atoms with van der Waals surface area (Å²) < 4.78 is 1.64. The lowest BCUT2D eigenvalue weighted by Crippen LogP contribution is -2.43. The molecule has 1 aromatic heterocycles. The van der Waals surface area contributed by atoms with Gasteiger partial charge in [0, 0.05) is 19.3 Å². The molecule has 0 saturated heterocycles. The minimum Gasteiger partial charge on any atom is -0.395 e. The molecule has 0 saturated carbocycles. The maximum absolute atomic E-state index is 11.7. The number of carbonyl (C=O) groups is 2. The normalized spacial score (nSPS) is 12.5. The second-order valence-corrected chi connectivity index (χ2v) is 4.33. The van der Waals surface area contributed by atoms with E-state index >= 15 is 0 Å². The van der Waals surface area contributed by atoms with Crippen LogP contribution in [0.4, 0.5) is 0 Å². The van der Waals surface area contributed by atoms with E-state index in [1.54, 1.807) is 48.8 Å². The second-order valence-electron chi connectivity index (χ2n) is 4.33. The van der Waals surface area contributed by atoms with Crippen LogP contribution in [0.1, 0.15) is 17.4 Å². The van der Waals surface area contributed by atoms with E-state index in [-0.39, 0.29) is 25.1 Å². The van der Waals surface area contributed by atoms with Crippen LogP contribution in [0.5, 0.6) is 0 Å². The maximum Gasteiger partial charge on any atom is 0.274 e. The Balaban J connectivity index is 2.51. The molecule has 0 fully saturated rings. The molecule has 0 aliphatic rings.